The molecule has 1 aromatic rings. The molecule has 15 heavy (non-hydrogen) atoms. The van der Waals surface area contributed by atoms with Crippen LogP contribution in [0.5, 0.6) is 0 Å². The third kappa shape index (κ3) is 2.14. The molecule has 1 N–H and O–H groups in total. The fourth-order valence-corrected chi connectivity index (χ4v) is 2.32. The van der Waals surface area contributed by atoms with Gasteiger partial charge in [0.25, 0.3) is 0 Å². The molecule has 0 spiro atoms. The summed E-state index contributed by atoms with van der Waals surface area (Å²) in [7, 11) is 0. The summed E-state index contributed by atoms with van der Waals surface area (Å²) < 4.78 is 0. The summed E-state index contributed by atoms with van der Waals surface area (Å²) in [4.78, 5) is 4.39. The lowest BCUT2D eigenvalue weighted by Crippen LogP contribution is -2.24. The first kappa shape index (κ1) is 9.20. The SMILES string of the molecule is Cc1ccnc(NC(C2CC2)C2CC2)c1. The molecular weight excluding hydrogens is 184 g/mol. The van der Waals surface area contributed by atoms with Crippen molar-refractivity contribution in [3.8, 4) is 0 Å². The highest BCUT2D eigenvalue weighted by Gasteiger charge is 2.41. The van der Waals surface area contributed by atoms with E-state index in [1.807, 2.05) is 6.20 Å². The lowest BCUT2D eigenvalue weighted by molar-refractivity contribution is 0.565. The molecule has 2 heteroatoms. The molecule has 1 heterocycles. The summed E-state index contributed by atoms with van der Waals surface area (Å²) in [5, 5.41) is 3.63. The van der Waals surface area contributed by atoms with E-state index in [1.165, 1.54) is 31.2 Å². The molecule has 1 aromatic heterocycles. The number of nitrogens with one attached hydrogen (secondary N) is 1. The van der Waals surface area contributed by atoms with E-state index in [0.29, 0.717) is 6.04 Å². The quantitative estimate of drug-likeness (QED) is 0.812. The molecule has 80 valence electrons. The van der Waals surface area contributed by atoms with Gasteiger partial charge in [0.1, 0.15) is 5.82 Å². The zero-order valence-electron chi connectivity index (χ0n) is 9.24. The Morgan fingerprint density at radius 3 is 2.47 bits per heavy atom. The molecule has 2 nitrogen and oxygen atoms in total. The average Bonchev–Trinajstić information content (AvgIpc) is 3.07. The molecule has 2 aliphatic rings. The van der Waals surface area contributed by atoms with Gasteiger partial charge < -0.3 is 5.32 Å². The van der Waals surface area contributed by atoms with Crippen LogP contribution in [0.15, 0.2) is 18.3 Å². The molecule has 0 amide bonds. The van der Waals surface area contributed by atoms with E-state index in [2.05, 4.69) is 29.4 Å². The summed E-state index contributed by atoms with van der Waals surface area (Å²) in [5.41, 5.74) is 1.29. The molecule has 2 saturated carbocycles. The number of hydrogen-bond donors (Lipinski definition) is 1. The predicted molar refractivity (Wildman–Crippen MR) is 61.8 cm³/mol. The second-order valence-corrected chi connectivity index (χ2v) is 5.06. The zero-order chi connectivity index (χ0) is 10.3. The van der Waals surface area contributed by atoms with Crippen molar-refractivity contribution in [2.24, 2.45) is 11.8 Å². The molecule has 3 rings (SSSR count). The van der Waals surface area contributed by atoms with E-state index in [-0.39, 0.29) is 0 Å². The number of aryl methyl sites for hydroxylation is 1. The molecule has 2 fully saturated rings. The Labute approximate surface area is 91.1 Å². The summed E-state index contributed by atoms with van der Waals surface area (Å²) >= 11 is 0. The molecule has 2 aliphatic carbocycles. The molecule has 0 bridgehead atoms. The van der Waals surface area contributed by atoms with Crippen LogP contribution < -0.4 is 5.32 Å². The van der Waals surface area contributed by atoms with Gasteiger partial charge in [-0.1, -0.05) is 0 Å². The normalized spacial score (nSPS) is 20.7. The highest BCUT2D eigenvalue weighted by atomic mass is 15.0. The third-order valence-electron chi connectivity index (χ3n) is 3.49. The first-order valence-electron chi connectivity index (χ1n) is 6.02. The largest absolute Gasteiger partial charge is 0.367 e. The van der Waals surface area contributed by atoms with E-state index in [4.69, 9.17) is 0 Å². The maximum atomic E-state index is 4.39. The Hall–Kier alpha value is -1.05. The van der Waals surface area contributed by atoms with Gasteiger partial charge in [0.2, 0.25) is 0 Å². The van der Waals surface area contributed by atoms with E-state index >= 15 is 0 Å². The van der Waals surface area contributed by atoms with Crippen molar-refractivity contribution in [2.45, 2.75) is 38.6 Å². The minimum Gasteiger partial charge on any atom is -0.367 e. The van der Waals surface area contributed by atoms with Crippen LogP contribution in [0.1, 0.15) is 31.2 Å². The van der Waals surface area contributed by atoms with Crippen LogP contribution in [0.2, 0.25) is 0 Å². The highest BCUT2D eigenvalue weighted by Crippen LogP contribution is 2.45. The number of aromatic nitrogens is 1. The van der Waals surface area contributed by atoms with Gasteiger partial charge in [0.15, 0.2) is 0 Å². The van der Waals surface area contributed by atoms with E-state index in [1.54, 1.807) is 0 Å². The Morgan fingerprint density at radius 1 is 1.27 bits per heavy atom. The first-order chi connectivity index (χ1) is 7.33. The number of hydrogen-bond acceptors (Lipinski definition) is 2. The fraction of sp³-hybridized carbons (Fsp3) is 0.615. The fourth-order valence-electron chi connectivity index (χ4n) is 2.32. The van der Waals surface area contributed by atoms with Crippen LogP contribution >= 0.6 is 0 Å². The minimum atomic E-state index is 0.708. The summed E-state index contributed by atoms with van der Waals surface area (Å²) in [6.07, 6.45) is 7.56. The van der Waals surface area contributed by atoms with Crippen molar-refractivity contribution in [1.82, 2.24) is 4.98 Å². The molecular formula is C13H18N2. The second-order valence-electron chi connectivity index (χ2n) is 5.06. The minimum absolute atomic E-state index is 0.708. The summed E-state index contributed by atoms with van der Waals surface area (Å²) in [6.45, 7) is 2.12. The van der Waals surface area contributed by atoms with Crippen LogP contribution in [-0.4, -0.2) is 11.0 Å². The summed E-state index contributed by atoms with van der Waals surface area (Å²) in [6, 6.07) is 4.91. The van der Waals surface area contributed by atoms with Crippen LogP contribution in [0, 0.1) is 18.8 Å². The van der Waals surface area contributed by atoms with Crippen LogP contribution in [0.25, 0.3) is 0 Å². The van der Waals surface area contributed by atoms with E-state index in [9.17, 15) is 0 Å². The van der Waals surface area contributed by atoms with Crippen molar-refractivity contribution in [2.75, 3.05) is 5.32 Å². The Morgan fingerprint density at radius 2 is 1.93 bits per heavy atom. The van der Waals surface area contributed by atoms with Gasteiger partial charge in [-0.25, -0.2) is 4.98 Å². The van der Waals surface area contributed by atoms with E-state index in [0.717, 1.165) is 17.7 Å². The number of anilines is 1. The number of rotatable bonds is 4. The van der Waals surface area contributed by atoms with Gasteiger partial charge >= 0.3 is 0 Å². The van der Waals surface area contributed by atoms with Crippen molar-refractivity contribution in [3.63, 3.8) is 0 Å². The first-order valence-corrected chi connectivity index (χ1v) is 6.02. The maximum absolute atomic E-state index is 4.39. The highest BCUT2D eigenvalue weighted by molar-refractivity contribution is 5.39. The molecule has 0 saturated heterocycles. The van der Waals surface area contributed by atoms with Gasteiger partial charge in [-0.05, 0) is 62.1 Å². The van der Waals surface area contributed by atoms with Crippen molar-refractivity contribution in [3.05, 3.63) is 23.9 Å². The lowest BCUT2D eigenvalue weighted by atomic mass is 10.1. The van der Waals surface area contributed by atoms with Crippen molar-refractivity contribution >= 4 is 5.82 Å². The maximum Gasteiger partial charge on any atom is 0.126 e. The smallest absolute Gasteiger partial charge is 0.126 e. The lowest BCUT2D eigenvalue weighted by Gasteiger charge is -2.18. The molecule has 0 atom stereocenters. The Bertz CT molecular complexity index is 341. The van der Waals surface area contributed by atoms with Crippen molar-refractivity contribution in [1.29, 1.82) is 0 Å². The average molecular weight is 202 g/mol. The van der Waals surface area contributed by atoms with Gasteiger partial charge in [-0.3, -0.25) is 0 Å². The second kappa shape index (κ2) is 3.51. The summed E-state index contributed by atoms with van der Waals surface area (Å²) in [5.74, 6) is 2.93. The third-order valence-corrected chi connectivity index (χ3v) is 3.49. The van der Waals surface area contributed by atoms with Gasteiger partial charge in [0, 0.05) is 12.2 Å². The monoisotopic (exact) mass is 202 g/mol. The Kier molecular flexibility index (Phi) is 2.15. The predicted octanol–water partition coefficient (Wildman–Crippen LogP) is 2.99. The molecule has 0 aromatic carbocycles. The molecule has 0 aliphatic heterocycles. The molecule has 0 radical (unpaired) electrons. The van der Waals surface area contributed by atoms with Crippen molar-refractivity contribution < 1.29 is 0 Å². The Balaban J connectivity index is 1.71. The van der Waals surface area contributed by atoms with Gasteiger partial charge in [-0.2, -0.15) is 0 Å². The molecule has 0 unspecified atom stereocenters. The number of nitrogens with zero attached hydrogens (tertiary/aromatic N) is 1. The topological polar surface area (TPSA) is 24.9 Å². The van der Waals surface area contributed by atoms with Gasteiger partial charge in [-0.15, -0.1) is 0 Å². The zero-order valence-corrected chi connectivity index (χ0v) is 9.24. The van der Waals surface area contributed by atoms with Crippen LogP contribution in [0.3, 0.4) is 0 Å². The standard InChI is InChI=1S/C13H18N2/c1-9-6-7-14-12(8-9)15-13(10-2-3-10)11-4-5-11/h6-8,10-11,13H,2-5H2,1H3,(H,14,15). The van der Waals surface area contributed by atoms with Crippen LogP contribution in [-0.2, 0) is 0 Å². The number of pyridine rings is 1. The van der Waals surface area contributed by atoms with E-state index < -0.39 is 0 Å². The van der Waals surface area contributed by atoms with Gasteiger partial charge in [0.05, 0.1) is 0 Å². The van der Waals surface area contributed by atoms with Crippen LogP contribution in [0.4, 0.5) is 5.82 Å².